The van der Waals surface area contributed by atoms with Crippen LogP contribution in [-0.4, -0.2) is 12.1 Å². The minimum absolute atomic E-state index is 0.140. The third-order valence-corrected chi connectivity index (χ3v) is 10.8. The molecule has 3 aliphatic carbocycles. The number of hydrogen-bond donors (Lipinski definition) is 0. The highest BCUT2D eigenvalue weighted by atomic mass is 15.2. The first-order valence-electron chi connectivity index (χ1n) is 16.9. The third kappa shape index (κ3) is 4.47. The van der Waals surface area contributed by atoms with Gasteiger partial charge in [0.15, 0.2) is 0 Å². The van der Waals surface area contributed by atoms with E-state index in [1.807, 2.05) is 0 Å². The summed E-state index contributed by atoms with van der Waals surface area (Å²) in [6, 6.07) is 45.3. The highest BCUT2D eigenvalue weighted by molar-refractivity contribution is 5.87. The van der Waals surface area contributed by atoms with Gasteiger partial charge in [-0.05, 0) is 81.9 Å². The molecule has 0 N–H and O–H groups in total. The van der Waals surface area contributed by atoms with E-state index in [0.717, 1.165) is 11.4 Å². The lowest BCUT2D eigenvalue weighted by Gasteiger charge is -2.33. The van der Waals surface area contributed by atoms with E-state index in [0.29, 0.717) is 23.9 Å². The number of nitrogens with zero attached hydrogens (tertiary/aromatic N) is 2. The first-order chi connectivity index (χ1) is 23.1. The number of para-hydroxylation sites is 1. The van der Waals surface area contributed by atoms with Crippen molar-refractivity contribution >= 4 is 22.7 Å². The summed E-state index contributed by atoms with van der Waals surface area (Å²) >= 11 is 0. The van der Waals surface area contributed by atoms with Crippen molar-refractivity contribution in [2.45, 2.75) is 31.3 Å². The van der Waals surface area contributed by atoms with Gasteiger partial charge in [0.25, 0.3) is 0 Å². The Labute approximate surface area is 278 Å². The molecule has 2 nitrogen and oxygen atoms in total. The Hall–Kier alpha value is -5.34. The topological polar surface area (TPSA) is 6.48 Å². The Balaban J connectivity index is 1.10. The Morgan fingerprint density at radius 2 is 1.00 bits per heavy atom. The van der Waals surface area contributed by atoms with Gasteiger partial charge >= 0.3 is 0 Å². The maximum Gasteiger partial charge on any atom is 0.0551 e. The summed E-state index contributed by atoms with van der Waals surface area (Å²) in [6.45, 7) is 4.80. The van der Waals surface area contributed by atoms with Crippen LogP contribution < -0.4 is 9.80 Å². The van der Waals surface area contributed by atoms with Crippen LogP contribution in [0.1, 0.15) is 25.0 Å². The zero-order chi connectivity index (χ0) is 31.5. The maximum absolute atomic E-state index is 2.66. The molecule has 0 aromatic heterocycles. The highest BCUT2D eigenvalue weighted by Gasteiger charge is 2.46. The van der Waals surface area contributed by atoms with Crippen molar-refractivity contribution < 1.29 is 0 Å². The lowest BCUT2D eigenvalue weighted by Crippen LogP contribution is -2.37. The van der Waals surface area contributed by atoms with Gasteiger partial charge in [-0.15, -0.1) is 0 Å². The fourth-order valence-corrected chi connectivity index (χ4v) is 8.51. The fourth-order valence-electron chi connectivity index (χ4n) is 8.51. The van der Waals surface area contributed by atoms with E-state index in [1.165, 1.54) is 44.8 Å². The lowest BCUT2D eigenvalue weighted by molar-refractivity contribution is 0.527. The summed E-state index contributed by atoms with van der Waals surface area (Å²) in [5.74, 6) is 0.996. The van der Waals surface area contributed by atoms with Crippen LogP contribution in [0.2, 0.25) is 0 Å². The molecule has 0 bridgehead atoms. The quantitative estimate of drug-likeness (QED) is 0.196. The van der Waals surface area contributed by atoms with Crippen molar-refractivity contribution in [2.75, 3.05) is 9.80 Å². The molecule has 1 aliphatic heterocycles. The normalized spacial score (nSPS) is 22.5. The molecule has 228 valence electrons. The molecule has 0 saturated carbocycles. The number of rotatable bonds is 5. The van der Waals surface area contributed by atoms with Gasteiger partial charge in [-0.1, -0.05) is 135 Å². The van der Waals surface area contributed by atoms with Crippen molar-refractivity contribution in [3.05, 3.63) is 181 Å². The van der Waals surface area contributed by atoms with Crippen LogP contribution >= 0.6 is 0 Å². The van der Waals surface area contributed by atoms with Crippen molar-refractivity contribution in [1.29, 1.82) is 0 Å². The highest BCUT2D eigenvalue weighted by Crippen LogP contribution is 2.53. The molecule has 4 aliphatic rings. The van der Waals surface area contributed by atoms with Gasteiger partial charge in [0.2, 0.25) is 0 Å². The lowest BCUT2D eigenvalue weighted by atomic mass is 9.82. The van der Waals surface area contributed by atoms with Gasteiger partial charge in [-0.25, -0.2) is 0 Å². The molecule has 1 saturated heterocycles. The summed E-state index contributed by atoms with van der Waals surface area (Å²) < 4.78 is 0. The summed E-state index contributed by atoms with van der Waals surface area (Å²) in [4.78, 5) is 5.05. The predicted molar refractivity (Wildman–Crippen MR) is 198 cm³/mol. The molecule has 1 heterocycles. The van der Waals surface area contributed by atoms with Crippen LogP contribution in [0.25, 0.3) is 22.3 Å². The van der Waals surface area contributed by atoms with Crippen molar-refractivity contribution in [2.24, 2.45) is 11.8 Å². The average Bonchev–Trinajstić information content (AvgIpc) is 3.58. The molecule has 0 spiro atoms. The summed E-state index contributed by atoms with van der Waals surface area (Å²) in [5, 5.41) is 0. The second-order valence-electron chi connectivity index (χ2n) is 13.8. The Morgan fingerprint density at radius 1 is 0.489 bits per heavy atom. The SMILES string of the molecule is CC1(C)c2cc(N(c3ccccc3)c3ccc(-c4ccccc4)cc3)ccc2-c2ccc(N3C4C=CC=CC4C4C=CC=CC43)cc21. The van der Waals surface area contributed by atoms with E-state index in [2.05, 4.69) is 194 Å². The standard InChI is InChI=1S/C45H38N2/c1-45(2)41-29-35(46(33-15-7-4-8-16-33)34-23-21-32(22-24-34)31-13-5-3-6-14-31)25-27-37(41)38-28-26-36(30-42(38)45)47-43-19-11-9-17-39(43)40-18-10-12-20-44(40)47/h3-30,39-40,43-44H,1-2H3. The van der Waals surface area contributed by atoms with Gasteiger partial charge < -0.3 is 9.80 Å². The van der Waals surface area contributed by atoms with Gasteiger partial charge in [0, 0.05) is 40.0 Å². The largest absolute Gasteiger partial charge is 0.357 e. The molecule has 4 atom stereocenters. The van der Waals surface area contributed by atoms with Crippen LogP contribution in [0, 0.1) is 11.8 Å². The molecular formula is C45H38N2. The Kier molecular flexibility index (Phi) is 6.47. The predicted octanol–water partition coefficient (Wildman–Crippen LogP) is 11.2. The monoisotopic (exact) mass is 606 g/mol. The zero-order valence-electron chi connectivity index (χ0n) is 26.9. The molecule has 5 aromatic carbocycles. The maximum atomic E-state index is 2.66. The van der Waals surface area contributed by atoms with Gasteiger partial charge in [0.05, 0.1) is 12.1 Å². The first kappa shape index (κ1) is 27.9. The van der Waals surface area contributed by atoms with Crippen molar-refractivity contribution in [3.8, 4) is 22.3 Å². The Morgan fingerprint density at radius 3 is 1.66 bits per heavy atom. The van der Waals surface area contributed by atoms with Crippen LogP contribution in [0.3, 0.4) is 0 Å². The molecule has 2 heteroatoms. The second kappa shape index (κ2) is 10.9. The first-order valence-corrected chi connectivity index (χ1v) is 16.9. The zero-order valence-corrected chi connectivity index (χ0v) is 26.9. The molecule has 5 aromatic rings. The number of fused-ring (bicyclic) bond motifs is 6. The minimum Gasteiger partial charge on any atom is -0.357 e. The van der Waals surface area contributed by atoms with Gasteiger partial charge in [-0.2, -0.15) is 0 Å². The molecule has 0 amide bonds. The molecule has 1 fully saturated rings. The number of hydrogen-bond acceptors (Lipinski definition) is 2. The Bertz CT molecular complexity index is 2050. The van der Waals surface area contributed by atoms with E-state index in [1.54, 1.807) is 0 Å². The minimum atomic E-state index is -0.140. The fraction of sp³-hybridized carbons (Fsp3) is 0.156. The van der Waals surface area contributed by atoms with Crippen molar-refractivity contribution in [1.82, 2.24) is 0 Å². The third-order valence-electron chi connectivity index (χ3n) is 10.8. The summed E-state index contributed by atoms with van der Waals surface area (Å²) in [7, 11) is 0. The molecule has 9 rings (SSSR count). The number of anilines is 4. The number of benzene rings is 5. The van der Waals surface area contributed by atoms with E-state index in [4.69, 9.17) is 0 Å². The molecule has 4 unspecified atom stereocenters. The van der Waals surface area contributed by atoms with Crippen LogP contribution in [0.15, 0.2) is 170 Å². The second-order valence-corrected chi connectivity index (χ2v) is 13.8. The van der Waals surface area contributed by atoms with Crippen LogP contribution in [-0.2, 0) is 5.41 Å². The smallest absolute Gasteiger partial charge is 0.0551 e. The molecular weight excluding hydrogens is 569 g/mol. The van der Waals surface area contributed by atoms with Crippen LogP contribution in [0.5, 0.6) is 0 Å². The summed E-state index contributed by atoms with van der Waals surface area (Å²) in [6.07, 6.45) is 18.5. The van der Waals surface area contributed by atoms with Crippen LogP contribution in [0.4, 0.5) is 22.7 Å². The van der Waals surface area contributed by atoms with E-state index in [-0.39, 0.29) is 5.41 Å². The number of allylic oxidation sites excluding steroid dienone is 4. The van der Waals surface area contributed by atoms with Gasteiger partial charge in [0.1, 0.15) is 0 Å². The van der Waals surface area contributed by atoms with E-state index >= 15 is 0 Å². The summed E-state index contributed by atoms with van der Waals surface area (Å²) in [5.41, 5.74) is 12.6. The molecule has 47 heavy (non-hydrogen) atoms. The van der Waals surface area contributed by atoms with Crippen molar-refractivity contribution in [3.63, 3.8) is 0 Å². The van der Waals surface area contributed by atoms with E-state index < -0.39 is 0 Å². The van der Waals surface area contributed by atoms with E-state index in [9.17, 15) is 0 Å². The molecule has 0 radical (unpaired) electrons. The van der Waals surface area contributed by atoms with Gasteiger partial charge in [-0.3, -0.25) is 0 Å². The average molecular weight is 607 g/mol.